The topological polar surface area (TPSA) is 122 Å². The number of primary amides is 1. The lowest BCUT2D eigenvalue weighted by atomic mass is 10.3. The first kappa shape index (κ1) is 16.6. The first-order valence-corrected chi connectivity index (χ1v) is 6.23. The number of urea groups is 1. The van der Waals surface area contributed by atoms with Gasteiger partial charge in [-0.3, -0.25) is 9.69 Å². The van der Waals surface area contributed by atoms with Gasteiger partial charge in [-0.25, -0.2) is 9.59 Å². The van der Waals surface area contributed by atoms with E-state index in [0.29, 0.717) is 10.7 Å². The van der Waals surface area contributed by atoms with E-state index in [9.17, 15) is 14.4 Å². The highest BCUT2D eigenvalue weighted by atomic mass is 35.5. The van der Waals surface area contributed by atoms with Crippen LogP contribution in [-0.4, -0.2) is 42.9 Å². The molecule has 0 atom stereocenters. The number of anilines is 1. The number of carbonyl (C=O) groups is 3. The Kier molecular flexibility index (Phi) is 6.28. The number of hydrogen-bond acceptors (Lipinski definition) is 4. The molecule has 0 aromatic heterocycles. The molecule has 0 saturated heterocycles. The fourth-order valence-corrected chi connectivity index (χ4v) is 1.65. The van der Waals surface area contributed by atoms with E-state index >= 15 is 0 Å². The minimum atomic E-state index is -1.18. The van der Waals surface area contributed by atoms with Crippen LogP contribution in [0.3, 0.4) is 0 Å². The lowest BCUT2D eigenvalue weighted by molar-refractivity contribution is -0.135. The molecule has 114 valence electrons. The minimum Gasteiger partial charge on any atom is -0.480 e. The molecule has 0 unspecified atom stereocenters. The predicted molar refractivity (Wildman–Crippen MR) is 75.4 cm³/mol. The van der Waals surface area contributed by atoms with E-state index in [0.717, 1.165) is 4.90 Å². The maximum atomic E-state index is 12.0. The molecule has 8 nitrogen and oxygen atoms in total. The van der Waals surface area contributed by atoms with Gasteiger partial charge in [0.2, 0.25) is 0 Å². The molecular formula is C12H14ClN3O5. The average molecular weight is 316 g/mol. The zero-order valence-corrected chi connectivity index (χ0v) is 11.7. The van der Waals surface area contributed by atoms with Gasteiger partial charge in [0.05, 0.1) is 6.54 Å². The van der Waals surface area contributed by atoms with Crippen LogP contribution in [0.25, 0.3) is 0 Å². The molecule has 1 aromatic carbocycles. The van der Waals surface area contributed by atoms with Crippen LogP contribution in [0.1, 0.15) is 0 Å². The largest absolute Gasteiger partial charge is 0.480 e. The van der Waals surface area contributed by atoms with Gasteiger partial charge in [-0.2, -0.15) is 0 Å². The summed E-state index contributed by atoms with van der Waals surface area (Å²) in [5.41, 5.74) is 5.10. The van der Waals surface area contributed by atoms with Gasteiger partial charge in [0.1, 0.15) is 13.2 Å². The fraction of sp³-hybridized carbons (Fsp3) is 0.250. The number of nitrogens with one attached hydrogen (secondary N) is 1. The Morgan fingerprint density at radius 1 is 1.38 bits per heavy atom. The lowest BCUT2D eigenvalue weighted by Crippen LogP contribution is -2.44. The second-order valence-corrected chi connectivity index (χ2v) is 4.30. The molecule has 0 heterocycles. The van der Waals surface area contributed by atoms with E-state index in [1.54, 1.807) is 18.2 Å². The first-order chi connectivity index (χ1) is 9.90. The van der Waals surface area contributed by atoms with Gasteiger partial charge < -0.3 is 20.9 Å². The molecule has 1 rings (SSSR count). The molecular weight excluding hydrogens is 302 g/mol. The van der Waals surface area contributed by atoms with Crippen molar-refractivity contribution >= 4 is 35.4 Å². The molecule has 1 aromatic rings. The van der Waals surface area contributed by atoms with E-state index in [1.165, 1.54) is 6.07 Å². The van der Waals surface area contributed by atoms with E-state index in [4.69, 9.17) is 22.4 Å². The van der Waals surface area contributed by atoms with Crippen molar-refractivity contribution in [2.45, 2.75) is 0 Å². The van der Waals surface area contributed by atoms with E-state index in [2.05, 4.69) is 10.1 Å². The highest BCUT2D eigenvalue weighted by Gasteiger charge is 2.18. The summed E-state index contributed by atoms with van der Waals surface area (Å²) < 4.78 is 4.45. The number of hydrogen-bond donors (Lipinski definition) is 3. The zero-order chi connectivity index (χ0) is 15.8. The number of amides is 3. The summed E-state index contributed by atoms with van der Waals surface area (Å²) in [4.78, 5) is 34.2. The molecule has 0 spiro atoms. The van der Waals surface area contributed by atoms with Crippen molar-refractivity contribution in [1.29, 1.82) is 0 Å². The smallest absolute Gasteiger partial charge is 0.404 e. The summed E-state index contributed by atoms with van der Waals surface area (Å²) in [5.74, 6) is -1.18. The Hall–Kier alpha value is -2.48. The number of nitrogens with zero attached hydrogens (tertiary/aromatic N) is 1. The van der Waals surface area contributed by atoms with Crippen molar-refractivity contribution in [2.75, 3.05) is 24.6 Å². The summed E-state index contributed by atoms with van der Waals surface area (Å²) in [6.07, 6.45) is -0.957. The SMILES string of the molecule is NC(=O)OCCNC(=O)N(CC(=O)O)c1cccc(Cl)c1. The third kappa shape index (κ3) is 6.00. The minimum absolute atomic E-state index is 0.00153. The van der Waals surface area contributed by atoms with Crippen LogP contribution in [0, 0.1) is 0 Å². The quantitative estimate of drug-likeness (QED) is 0.677. The van der Waals surface area contributed by atoms with Crippen LogP contribution < -0.4 is 16.0 Å². The molecule has 9 heteroatoms. The van der Waals surface area contributed by atoms with Gasteiger partial charge in [0.15, 0.2) is 0 Å². The Morgan fingerprint density at radius 3 is 2.67 bits per heavy atom. The number of halogens is 1. The molecule has 21 heavy (non-hydrogen) atoms. The van der Waals surface area contributed by atoms with Gasteiger partial charge in [-0.15, -0.1) is 0 Å². The summed E-state index contributed by atoms with van der Waals surface area (Å²) in [5, 5.41) is 11.6. The lowest BCUT2D eigenvalue weighted by Gasteiger charge is -2.21. The predicted octanol–water partition coefficient (Wildman–Crippen LogP) is 1.04. The summed E-state index contributed by atoms with van der Waals surface area (Å²) in [6, 6.07) is 5.55. The van der Waals surface area contributed by atoms with Crippen molar-refractivity contribution < 1.29 is 24.2 Å². The van der Waals surface area contributed by atoms with Crippen LogP contribution in [0.2, 0.25) is 5.02 Å². The number of rotatable bonds is 6. The second kappa shape index (κ2) is 7.95. The van der Waals surface area contributed by atoms with Crippen molar-refractivity contribution in [3.63, 3.8) is 0 Å². The normalized spacial score (nSPS) is 9.76. The third-order valence-electron chi connectivity index (χ3n) is 2.28. The van der Waals surface area contributed by atoms with Crippen molar-refractivity contribution in [3.8, 4) is 0 Å². The van der Waals surface area contributed by atoms with Crippen LogP contribution >= 0.6 is 11.6 Å². The van der Waals surface area contributed by atoms with Crippen LogP contribution in [0.5, 0.6) is 0 Å². The molecule has 0 aliphatic heterocycles. The van der Waals surface area contributed by atoms with Crippen molar-refractivity contribution in [3.05, 3.63) is 29.3 Å². The Bertz CT molecular complexity index is 537. The molecule has 0 fully saturated rings. The maximum absolute atomic E-state index is 12.0. The Balaban J connectivity index is 2.71. The summed E-state index contributed by atoms with van der Waals surface area (Å²) in [7, 11) is 0. The Morgan fingerprint density at radius 2 is 2.10 bits per heavy atom. The Labute approximate surface area is 125 Å². The van der Waals surface area contributed by atoms with Crippen LogP contribution in [0.4, 0.5) is 15.3 Å². The number of carbonyl (C=O) groups excluding carboxylic acids is 2. The fourth-order valence-electron chi connectivity index (χ4n) is 1.46. The third-order valence-corrected chi connectivity index (χ3v) is 2.52. The number of nitrogens with two attached hydrogens (primary N) is 1. The van der Waals surface area contributed by atoms with Gasteiger partial charge in [-0.1, -0.05) is 17.7 Å². The standard InChI is InChI=1S/C12H14ClN3O5/c13-8-2-1-3-9(6-8)16(7-10(17)18)12(20)15-4-5-21-11(14)19/h1-3,6H,4-5,7H2,(H2,14,19)(H,15,20)(H,17,18). The number of carboxylic acids is 1. The zero-order valence-electron chi connectivity index (χ0n) is 10.9. The van der Waals surface area contributed by atoms with Crippen LogP contribution in [0.15, 0.2) is 24.3 Å². The number of carboxylic acid groups (broad SMARTS) is 1. The number of benzene rings is 1. The van der Waals surface area contributed by atoms with Gasteiger partial charge in [0.25, 0.3) is 0 Å². The van der Waals surface area contributed by atoms with E-state index in [1.807, 2.05) is 0 Å². The number of ether oxygens (including phenoxy) is 1. The highest BCUT2D eigenvalue weighted by Crippen LogP contribution is 2.19. The number of aliphatic carboxylic acids is 1. The van der Waals surface area contributed by atoms with Crippen molar-refractivity contribution in [1.82, 2.24) is 5.32 Å². The first-order valence-electron chi connectivity index (χ1n) is 5.85. The summed E-state index contributed by atoms with van der Waals surface area (Å²) >= 11 is 5.81. The highest BCUT2D eigenvalue weighted by molar-refractivity contribution is 6.30. The molecule has 0 saturated carbocycles. The second-order valence-electron chi connectivity index (χ2n) is 3.86. The van der Waals surface area contributed by atoms with E-state index < -0.39 is 24.6 Å². The molecule has 0 aliphatic carbocycles. The van der Waals surface area contributed by atoms with Crippen LogP contribution in [-0.2, 0) is 9.53 Å². The molecule has 3 amide bonds. The molecule has 0 aliphatic rings. The van der Waals surface area contributed by atoms with Crippen molar-refractivity contribution in [2.24, 2.45) is 5.73 Å². The van der Waals surface area contributed by atoms with E-state index in [-0.39, 0.29) is 13.2 Å². The molecule has 0 radical (unpaired) electrons. The van der Waals surface area contributed by atoms with Gasteiger partial charge in [-0.05, 0) is 18.2 Å². The summed E-state index contributed by atoms with van der Waals surface area (Å²) in [6.45, 7) is -0.654. The molecule has 0 bridgehead atoms. The monoisotopic (exact) mass is 315 g/mol. The molecule has 4 N–H and O–H groups in total. The van der Waals surface area contributed by atoms with Gasteiger partial charge in [0, 0.05) is 10.7 Å². The van der Waals surface area contributed by atoms with Gasteiger partial charge >= 0.3 is 18.1 Å². The maximum Gasteiger partial charge on any atom is 0.404 e. The average Bonchev–Trinajstić information content (AvgIpc) is 2.40.